The number of nitrogens with zero attached hydrogens (tertiary/aromatic N) is 2. The third-order valence-corrected chi connectivity index (χ3v) is 2.35. The van der Waals surface area contributed by atoms with E-state index in [1.807, 2.05) is 6.92 Å². The predicted molar refractivity (Wildman–Crippen MR) is 65.5 cm³/mol. The molecule has 0 fully saturated rings. The number of methoxy groups -OCH3 is 1. The van der Waals surface area contributed by atoms with E-state index < -0.39 is 0 Å². The van der Waals surface area contributed by atoms with Crippen LogP contribution in [0.4, 0.5) is 5.82 Å². The first-order chi connectivity index (χ1) is 8.22. The first kappa shape index (κ1) is 13.4. The third kappa shape index (κ3) is 3.69. The van der Waals surface area contributed by atoms with E-state index in [0.29, 0.717) is 31.2 Å². The van der Waals surface area contributed by atoms with Crippen molar-refractivity contribution >= 4 is 11.7 Å². The molecule has 0 radical (unpaired) electrons. The van der Waals surface area contributed by atoms with Gasteiger partial charge in [0, 0.05) is 20.2 Å². The first-order valence-corrected chi connectivity index (χ1v) is 5.44. The number of nitrogen functional groups attached to an aromatic ring is 1. The summed E-state index contributed by atoms with van der Waals surface area (Å²) in [5.74, 6) is 5.60. The highest BCUT2D eigenvalue weighted by atomic mass is 16.5. The van der Waals surface area contributed by atoms with E-state index in [0.717, 1.165) is 0 Å². The molecule has 0 aromatic carbocycles. The van der Waals surface area contributed by atoms with Crippen LogP contribution in [0.2, 0.25) is 0 Å². The Labute approximate surface area is 101 Å². The Morgan fingerprint density at radius 2 is 2.35 bits per heavy atom. The Bertz CT molecular complexity index is 370. The predicted octanol–water partition coefficient (Wildman–Crippen LogP) is 0.476. The molecule has 17 heavy (non-hydrogen) atoms. The summed E-state index contributed by atoms with van der Waals surface area (Å²) in [5.41, 5.74) is 2.79. The largest absolute Gasteiger partial charge is 0.383 e. The average Bonchev–Trinajstić information content (AvgIpc) is 2.39. The summed E-state index contributed by atoms with van der Waals surface area (Å²) in [6.45, 7) is 3.59. The van der Waals surface area contributed by atoms with Crippen LogP contribution in [-0.2, 0) is 4.74 Å². The summed E-state index contributed by atoms with van der Waals surface area (Å²) in [6, 6.07) is 5.10. The van der Waals surface area contributed by atoms with Gasteiger partial charge in [-0.3, -0.25) is 4.79 Å². The van der Waals surface area contributed by atoms with Crippen molar-refractivity contribution < 1.29 is 9.53 Å². The lowest BCUT2D eigenvalue weighted by Crippen LogP contribution is -2.34. The lowest BCUT2D eigenvalue weighted by atomic mass is 10.3. The molecule has 1 aromatic heterocycles. The zero-order chi connectivity index (χ0) is 12.7. The minimum absolute atomic E-state index is 0.123. The van der Waals surface area contributed by atoms with Crippen molar-refractivity contribution in [2.45, 2.75) is 6.92 Å². The van der Waals surface area contributed by atoms with Crippen LogP contribution in [0.5, 0.6) is 0 Å². The smallest absolute Gasteiger partial charge is 0.272 e. The number of nitrogens with two attached hydrogens (primary N) is 1. The molecule has 0 saturated carbocycles. The van der Waals surface area contributed by atoms with Crippen LogP contribution in [0.25, 0.3) is 0 Å². The number of likely N-dealkylation sites (N-methyl/N-ethyl adjacent to an activating group) is 1. The second kappa shape index (κ2) is 6.82. The highest BCUT2D eigenvalue weighted by Crippen LogP contribution is 2.06. The number of carbonyl (C=O) groups excluding carboxylic acids is 1. The Hall–Kier alpha value is -1.66. The van der Waals surface area contributed by atoms with Gasteiger partial charge in [0.2, 0.25) is 0 Å². The molecule has 0 spiro atoms. The number of hydrazine groups is 1. The molecule has 0 saturated heterocycles. The van der Waals surface area contributed by atoms with Crippen molar-refractivity contribution in [1.82, 2.24) is 9.88 Å². The van der Waals surface area contributed by atoms with E-state index in [-0.39, 0.29) is 5.91 Å². The van der Waals surface area contributed by atoms with Crippen LogP contribution in [0.3, 0.4) is 0 Å². The molecule has 0 bridgehead atoms. The van der Waals surface area contributed by atoms with E-state index >= 15 is 0 Å². The maximum Gasteiger partial charge on any atom is 0.272 e. The Kier molecular flexibility index (Phi) is 5.38. The molecule has 1 aromatic rings. The first-order valence-electron chi connectivity index (χ1n) is 5.44. The van der Waals surface area contributed by atoms with Gasteiger partial charge in [0.15, 0.2) is 0 Å². The second-order valence-electron chi connectivity index (χ2n) is 3.43. The monoisotopic (exact) mass is 238 g/mol. The molecule has 0 aliphatic heterocycles. The fraction of sp³-hybridized carbons (Fsp3) is 0.455. The molecular formula is C11H18N4O2. The lowest BCUT2D eigenvalue weighted by Gasteiger charge is -2.20. The van der Waals surface area contributed by atoms with Crippen LogP contribution >= 0.6 is 0 Å². The number of ether oxygens (including phenoxy) is 1. The summed E-state index contributed by atoms with van der Waals surface area (Å²) in [7, 11) is 1.61. The number of carbonyl (C=O) groups is 1. The van der Waals surface area contributed by atoms with Crippen LogP contribution in [-0.4, -0.2) is 42.6 Å². The van der Waals surface area contributed by atoms with Crippen LogP contribution < -0.4 is 11.3 Å². The van der Waals surface area contributed by atoms with Gasteiger partial charge in [-0.05, 0) is 19.1 Å². The zero-order valence-electron chi connectivity index (χ0n) is 10.1. The Morgan fingerprint density at radius 3 is 2.94 bits per heavy atom. The molecule has 0 unspecified atom stereocenters. The van der Waals surface area contributed by atoms with Crippen molar-refractivity contribution in [3.05, 3.63) is 23.9 Å². The molecule has 6 heteroatoms. The molecule has 0 aliphatic rings. The standard InChI is InChI=1S/C11H18N4O2/c1-3-15(7-8-17-2)11(16)9-5-4-6-10(13-9)14-12/h4-6H,3,7-8,12H2,1-2H3,(H,13,14). The highest BCUT2D eigenvalue weighted by molar-refractivity contribution is 5.92. The zero-order valence-corrected chi connectivity index (χ0v) is 10.1. The van der Waals surface area contributed by atoms with E-state index in [2.05, 4.69) is 10.4 Å². The van der Waals surface area contributed by atoms with Gasteiger partial charge >= 0.3 is 0 Å². The second-order valence-corrected chi connectivity index (χ2v) is 3.43. The Balaban J connectivity index is 2.78. The number of anilines is 1. The van der Waals surface area contributed by atoms with Crippen molar-refractivity contribution in [1.29, 1.82) is 0 Å². The molecule has 3 N–H and O–H groups in total. The van der Waals surface area contributed by atoms with Gasteiger partial charge < -0.3 is 15.1 Å². The number of rotatable bonds is 6. The van der Waals surface area contributed by atoms with Gasteiger partial charge in [-0.1, -0.05) is 6.07 Å². The molecule has 1 heterocycles. The quantitative estimate of drug-likeness (QED) is 0.556. The average molecular weight is 238 g/mol. The van der Waals surface area contributed by atoms with Crippen LogP contribution in [0.1, 0.15) is 17.4 Å². The normalized spacial score (nSPS) is 10.1. The maximum atomic E-state index is 12.1. The van der Waals surface area contributed by atoms with Gasteiger partial charge in [-0.25, -0.2) is 10.8 Å². The number of hydrogen-bond donors (Lipinski definition) is 2. The number of aromatic nitrogens is 1. The maximum absolute atomic E-state index is 12.1. The van der Waals surface area contributed by atoms with Gasteiger partial charge in [-0.2, -0.15) is 0 Å². The van der Waals surface area contributed by atoms with E-state index in [1.54, 1.807) is 30.2 Å². The van der Waals surface area contributed by atoms with Crippen LogP contribution in [0.15, 0.2) is 18.2 Å². The van der Waals surface area contributed by atoms with Gasteiger partial charge in [0.05, 0.1) is 6.61 Å². The molecule has 94 valence electrons. The molecule has 6 nitrogen and oxygen atoms in total. The van der Waals surface area contributed by atoms with Gasteiger partial charge in [-0.15, -0.1) is 0 Å². The highest BCUT2D eigenvalue weighted by Gasteiger charge is 2.15. The van der Waals surface area contributed by atoms with E-state index in [4.69, 9.17) is 10.6 Å². The molecular weight excluding hydrogens is 220 g/mol. The van der Waals surface area contributed by atoms with Crippen molar-refractivity contribution in [2.75, 3.05) is 32.2 Å². The SMILES string of the molecule is CCN(CCOC)C(=O)c1cccc(NN)n1. The minimum atomic E-state index is -0.123. The Morgan fingerprint density at radius 1 is 1.59 bits per heavy atom. The van der Waals surface area contributed by atoms with Crippen molar-refractivity contribution in [3.63, 3.8) is 0 Å². The van der Waals surface area contributed by atoms with Crippen LogP contribution in [0, 0.1) is 0 Å². The van der Waals surface area contributed by atoms with Crippen molar-refractivity contribution in [2.24, 2.45) is 5.84 Å². The summed E-state index contributed by atoms with van der Waals surface area (Å²) < 4.78 is 4.96. The lowest BCUT2D eigenvalue weighted by molar-refractivity contribution is 0.0701. The summed E-state index contributed by atoms with van der Waals surface area (Å²) in [6.07, 6.45) is 0. The van der Waals surface area contributed by atoms with E-state index in [9.17, 15) is 4.79 Å². The molecule has 0 atom stereocenters. The topological polar surface area (TPSA) is 80.5 Å². The summed E-state index contributed by atoms with van der Waals surface area (Å²) in [4.78, 5) is 17.9. The fourth-order valence-electron chi connectivity index (χ4n) is 1.40. The third-order valence-electron chi connectivity index (χ3n) is 2.35. The number of hydrogen-bond acceptors (Lipinski definition) is 5. The molecule has 1 rings (SSSR count). The molecule has 0 aliphatic carbocycles. The minimum Gasteiger partial charge on any atom is -0.383 e. The summed E-state index contributed by atoms with van der Waals surface area (Å²) in [5, 5.41) is 0. The van der Waals surface area contributed by atoms with E-state index in [1.165, 1.54) is 0 Å². The summed E-state index contributed by atoms with van der Waals surface area (Å²) >= 11 is 0. The van der Waals surface area contributed by atoms with Gasteiger partial charge in [0.1, 0.15) is 11.5 Å². The van der Waals surface area contributed by atoms with Crippen molar-refractivity contribution in [3.8, 4) is 0 Å². The molecule has 1 amide bonds. The number of nitrogens with one attached hydrogen (secondary N) is 1. The fourth-order valence-corrected chi connectivity index (χ4v) is 1.40. The number of amides is 1. The number of pyridine rings is 1. The van der Waals surface area contributed by atoms with Gasteiger partial charge in [0.25, 0.3) is 5.91 Å².